The van der Waals surface area contributed by atoms with Gasteiger partial charge in [-0.2, -0.15) is 0 Å². The Morgan fingerprint density at radius 1 is 1.39 bits per heavy atom. The number of rotatable bonds is 5. The molecule has 1 saturated heterocycles. The van der Waals surface area contributed by atoms with Gasteiger partial charge in [-0.05, 0) is 19.4 Å². The van der Waals surface area contributed by atoms with Crippen LogP contribution in [0.2, 0.25) is 0 Å². The maximum absolute atomic E-state index is 5.38. The van der Waals surface area contributed by atoms with Crippen molar-refractivity contribution in [2.75, 3.05) is 31.6 Å². The molecule has 100 valence electrons. The van der Waals surface area contributed by atoms with E-state index in [1.807, 2.05) is 12.4 Å². The van der Waals surface area contributed by atoms with Crippen molar-refractivity contribution < 1.29 is 4.74 Å². The molecule has 0 aliphatic carbocycles. The highest BCUT2D eigenvalue weighted by atomic mass is 16.5. The molecule has 0 amide bonds. The zero-order chi connectivity index (χ0) is 12.8. The molecular formula is C13H22N4O. The van der Waals surface area contributed by atoms with Crippen LogP contribution in [0.1, 0.15) is 25.5 Å². The van der Waals surface area contributed by atoms with Gasteiger partial charge in [0.05, 0.1) is 18.0 Å². The number of ether oxygens (including phenoxy) is 1. The fourth-order valence-electron chi connectivity index (χ4n) is 2.21. The van der Waals surface area contributed by atoms with Crippen molar-refractivity contribution in [1.29, 1.82) is 0 Å². The molecule has 18 heavy (non-hydrogen) atoms. The molecule has 1 N–H and O–H groups in total. The standard InChI is InChI=1S/C13H22N4O/c1-3-14-8-11-9-15-10-13(16-11)17-6-4-12(18-2)5-7-17/h9-10,12,14H,3-8H2,1-2H3. The highest BCUT2D eigenvalue weighted by Gasteiger charge is 2.19. The molecule has 0 radical (unpaired) electrons. The Kier molecular flexibility index (Phi) is 4.90. The Balaban J connectivity index is 1.96. The van der Waals surface area contributed by atoms with Crippen molar-refractivity contribution in [2.24, 2.45) is 0 Å². The molecule has 5 nitrogen and oxygen atoms in total. The predicted octanol–water partition coefficient (Wildman–Crippen LogP) is 1.20. The number of nitrogens with one attached hydrogen (secondary N) is 1. The van der Waals surface area contributed by atoms with E-state index in [0.29, 0.717) is 6.10 Å². The Bertz CT molecular complexity index is 364. The summed E-state index contributed by atoms with van der Waals surface area (Å²) >= 11 is 0. The first-order chi connectivity index (χ1) is 8.83. The number of hydrogen-bond acceptors (Lipinski definition) is 5. The molecule has 2 rings (SSSR count). The lowest BCUT2D eigenvalue weighted by Crippen LogP contribution is -2.37. The molecule has 1 fully saturated rings. The van der Waals surface area contributed by atoms with Gasteiger partial charge in [0.15, 0.2) is 0 Å². The van der Waals surface area contributed by atoms with E-state index in [0.717, 1.165) is 50.5 Å². The average Bonchev–Trinajstić information content (AvgIpc) is 2.45. The number of hydrogen-bond donors (Lipinski definition) is 1. The molecule has 0 bridgehead atoms. The van der Waals surface area contributed by atoms with E-state index < -0.39 is 0 Å². The molecule has 5 heteroatoms. The lowest BCUT2D eigenvalue weighted by Gasteiger charge is -2.31. The van der Waals surface area contributed by atoms with Gasteiger partial charge < -0.3 is 15.0 Å². The fraction of sp³-hybridized carbons (Fsp3) is 0.692. The Labute approximate surface area is 109 Å². The van der Waals surface area contributed by atoms with Crippen LogP contribution in [0.5, 0.6) is 0 Å². The van der Waals surface area contributed by atoms with Crippen LogP contribution in [0.15, 0.2) is 12.4 Å². The van der Waals surface area contributed by atoms with Gasteiger partial charge in [-0.25, -0.2) is 4.98 Å². The minimum Gasteiger partial charge on any atom is -0.381 e. The Morgan fingerprint density at radius 2 is 2.17 bits per heavy atom. The average molecular weight is 250 g/mol. The van der Waals surface area contributed by atoms with Crippen molar-refractivity contribution in [2.45, 2.75) is 32.4 Å². The first-order valence-corrected chi connectivity index (χ1v) is 6.63. The van der Waals surface area contributed by atoms with E-state index in [1.165, 1.54) is 0 Å². The maximum atomic E-state index is 5.38. The number of aromatic nitrogens is 2. The highest BCUT2D eigenvalue weighted by Crippen LogP contribution is 2.18. The van der Waals surface area contributed by atoms with Crippen molar-refractivity contribution in [3.63, 3.8) is 0 Å². The van der Waals surface area contributed by atoms with Crippen LogP contribution in [0.25, 0.3) is 0 Å². The van der Waals surface area contributed by atoms with Crippen molar-refractivity contribution in [1.82, 2.24) is 15.3 Å². The van der Waals surface area contributed by atoms with Crippen LogP contribution in [0, 0.1) is 0 Å². The summed E-state index contributed by atoms with van der Waals surface area (Å²) in [6.07, 6.45) is 6.21. The predicted molar refractivity (Wildman–Crippen MR) is 71.7 cm³/mol. The first kappa shape index (κ1) is 13.2. The first-order valence-electron chi connectivity index (χ1n) is 6.63. The third-order valence-electron chi connectivity index (χ3n) is 3.33. The topological polar surface area (TPSA) is 50.3 Å². The summed E-state index contributed by atoms with van der Waals surface area (Å²) in [6.45, 7) is 5.82. The van der Waals surface area contributed by atoms with Gasteiger partial charge in [0, 0.05) is 32.9 Å². The minimum absolute atomic E-state index is 0.402. The Hall–Kier alpha value is -1.20. The van der Waals surface area contributed by atoms with Crippen LogP contribution in [0.3, 0.4) is 0 Å². The minimum atomic E-state index is 0.402. The van der Waals surface area contributed by atoms with E-state index in [9.17, 15) is 0 Å². The van der Waals surface area contributed by atoms with Gasteiger partial charge in [-0.15, -0.1) is 0 Å². The van der Waals surface area contributed by atoms with E-state index >= 15 is 0 Å². The smallest absolute Gasteiger partial charge is 0.147 e. The zero-order valence-corrected chi connectivity index (χ0v) is 11.2. The summed E-state index contributed by atoms with van der Waals surface area (Å²) in [6, 6.07) is 0. The molecule has 0 unspecified atom stereocenters. The number of methoxy groups -OCH3 is 1. The summed E-state index contributed by atoms with van der Waals surface area (Å²) in [5, 5.41) is 3.27. The van der Waals surface area contributed by atoms with E-state index in [1.54, 1.807) is 7.11 Å². The molecule has 1 aromatic rings. The molecule has 1 aromatic heterocycles. The molecule has 0 aromatic carbocycles. The molecule has 2 heterocycles. The van der Waals surface area contributed by atoms with Crippen LogP contribution in [0.4, 0.5) is 5.82 Å². The third kappa shape index (κ3) is 3.40. The van der Waals surface area contributed by atoms with Crippen molar-refractivity contribution in [3.8, 4) is 0 Å². The third-order valence-corrected chi connectivity index (χ3v) is 3.33. The quantitative estimate of drug-likeness (QED) is 0.851. The second kappa shape index (κ2) is 6.66. The largest absolute Gasteiger partial charge is 0.381 e. The molecule has 0 saturated carbocycles. The summed E-state index contributed by atoms with van der Waals surface area (Å²) < 4.78 is 5.38. The van der Waals surface area contributed by atoms with Gasteiger partial charge in [-0.1, -0.05) is 6.92 Å². The molecule has 1 aliphatic rings. The molecule has 0 spiro atoms. The van der Waals surface area contributed by atoms with Gasteiger partial charge in [-0.3, -0.25) is 4.98 Å². The van der Waals surface area contributed by atoms with Gasteiger partial charge >= 0.3 is 0 Å². The summed E-state index contributed by atoms with van der Waals surface area (Å²) in [5.41, 5.74) is 1.00. The Morgan fingerprint density at radius 3 is 2.83 bits per heavy atom. The SMILES string of the molecule is CCNCc1cncc(N2CCC(OC)CC2)n1. The monoisotopic (exact) mass is 250 g/mol. The summed E-state index contributed by atoms with van der Waals surface area (Å²) in [5.74, 6) is 0.986. The number of piperidine rings is 1. The number of anilines is 1. The van der Waals surface area contributed by atoms with Crippen LogP contribution in [-0.4, -0.2) is 42.8 Å². The summed E-state index contributed by atoms with van der Waals surface area (Å²) in [7, 11) is 1.79. The van der Waals surface area contributed by atoms with E-state index in [2.05, 4.69) is 27.1 Å². The lowest BCUT2D eigenvalue weighted by atomic mass is 10.1. The van der Waals surface area contributed by atoms with E-state index in [-0.39, 0.29) is 0 Å². The van der Waals surface area contributed by atoms with Crippen LogP contribution < -0.4 is 10.2 Å². The molecule has 1 aliphatic heterocycles. The van der Waals surface area contributed by atoms with Crippen LogP contribution in [-0.2, 0) is 11.3 Å². The normalized spacial score (nSPS) is 17.1. The highest BCUT2D eigenvalue weighted by molar-refractivity contribution is 5.36. The van der Waals surface area contributed by atoms with E-state index in [4.69, 9.17) is 4.74 Å². The molecular weight excluding hydrogens is 228 g/mol. The van der Waals surface area contributed by atoms with Crippen LogP contribution >= 0.6 is 0 Å². The van der Waals surface area contributed by atoms with Crippen molar-refractivity contribution >= 4 is 5.82 Å². The van der Waals surface area contributed by atoms with Crippen molar-refractivity contribution in [3.05, 3.63) is 18.1 Å². The fourth-order valence-corrected chi connectivity index (χ4v) is 2.21. The van der Waals surface area contributed by atoms with Gasteiger partial charge in [0.1, 0.15) is 5.82 Å². The maximum Gasteiger partial charge on any atom is 0.147 e. The molecule has 0 atom stereocenters. The van der Waals surface area contributed by atoms with Gasteiger partial charge in [0.2, 0.25) is 0 Å². The summed E-state index contributed by atoms with van der Waals surface area (Å²) in [4.78, 5) is 11.2. The lowest BCUT2D eigenvalue weighted by molar-refractivity contribution is 0.0818. The van der Waals surface area contributed by atoms with Gasteiger partial charge in [0.25, 0.3) is 0 Å². The second-order valence-electron chi connectivity index (χ2n) is 4.57. The zero-order valence-electron chi connectivity index (χ0n) is 11.2. The second-order valence-corrected chi connectivity index (χ2v) is 4.57. The number of nitrogens with zero attached hydrogens (tertiary/aromatic N) is 3.